The highest BCUT2D eigenvalue weighted by Gasteiger charge is 2.27. The number of thioether (sulfide) groups is 1. The number of hydrogen-bond donors (Lipinski definition) is 2. The van der Waals surface area contributed by atoms with Crippen LogP contribution in [-0.2, 0) is 11.2 Å². The summed E-state index contributed by atoms with van der Waals surface area (Å²) in [5.41, 5.74) is 2.88. The summed E-state index contributed by atoms with van der Waals surface area (Å²) in [6.45, 7) is 4.70. The molecule has 5 nitrogen and oxygen atoms in total. The van der Waals surface area contributed by atoms with Crippen LogP contribution in [-0.4, -0.2) is 24.6 Å². The highest BCUT2D eigenvalue weighted by molar-refractivity contribution is 14.1. The Bertz CT molecular complexity index is 983. The fourth-order valence-corrected chi connectivity index (χ4v) is 4.66. The molecule has 1 aliphatic rings. The van der Waals surface area contributed by atoms with Crippen LogP contribution in [0.4, 0.5) is 5.69 Å². The van der Waals surface area contributed by atoms with Crippen LogP contribution in [0.2, 0.25) is 0 Å². The molecule has 156 valence electrons. The average Bonchev–Trinajstić information content (AvgIpc) is 3.07. The zero-order valence-corrected chi connectivity index (χ0v) is 19.8. The quantitative estimate of drug-likeness (QED) is 0.288. The fourth-order valence-electron chi connectivity index (χ4n) is 2.89. The van der Waals surface area contributed by atoms with Crippen molar-refractivity contribution in [2.24, 2.45) is 0 Å². The summed E-state index contributed by atoms with van der Waals surface area (Å²) in [6, 6.07) is 12.0. The van der Waals surface area contributed by atoms with Crippen molar-refractivity contribution in [3.63, 3.8) is 0 Å². The smallest absolute Gasteiger partial charge is 0.260 e. The summed E-state index contributed by atoms with van der Waals surface area (Å²) in [6.07, 6.45) is 8.16. The maximum absolute atomic E-state index is 12.5. The minimum Gasteiger partial charge on any atom is -0.490 e. The van der Waals surface area contributed by atoms with E-state index < -0.39 is 0 Å². The van der Waals surface area contributed by atoms with Crippen molar-refractivity contribution < 1.29 is 14.3 Å². The van der Waals surface area contributed by atoms with Gasteiger partial charge in [0.2, 0.25) is 0 Å². The van der Waals surface area contributed by atoms with Crippen LogP contribution in [0.1, 0.15) is 25.0 Å². The molecule has 2 aromatic rings. The molecule has 1 atom stereocenters. The number of anilines is 1. The van der Waals surface area contributed by atoms with E-state index in [4.69, 9.17) is 15.9 Å². The molecule has 2 aromatic carbocycles. The number of aryl methyl sites for hydroxylation is 1. The van der Waals surface area contributed by atoms with E-state index in [2.05, 4.69) is 58.2 Å². The third kappa shape index (κ3) is 5.64. The van der Waals surface area contributed by atoms with Gasteiger partial charge in [-0.3, -0.25) is 4.79 Å². The van der Waals surface area contributed by atoms with Crippen LogP contribution in [0, 0.1) is 15.9 Å². The first-order valence-electron chi connectivity index (χ1n) is 9.61. The van der Waals surface area contributed by atoms with Gasteiger partial charge in [0.25, 0.3) is 5.91 Å². The Kier molecular flexibility index (Phi) is 7.94. The van der Waals surface area contributed by atoms with Crippen LogP contribution in [0.5, 0.6) is 11.5 Å². The van der Waals surface area contributed by atoms with Gasteiger partial charge in [-0.25, -0.2) is 0 Å². The first-order chi connectivity index (χ1) is 14.5. The minimum atomic E-state index is -0.222. The number of rotatable bonds is 8. The molecule has 0 bridgehead atoms. The molecule has 2 N–H and O–H groups in total. The van der Waals surface area contributed by atoms with Crippen molar-refractivity contribution in [2.75, 3.05) is 18.5 Å². The van der Waals surface area contributed by atoms with Gasteiger partial charge in [0, 0.05) is 5.69 Å². The molecule has 0 aliphatic carbocycles. The summed E-state index contributed by atoms with van der Waals surface area (Å²) in [5.74, 6) is 3.59. The lowest BCUT2D eigenvalue weighted by Gasteiger charge is -2.13. The summed E-state index contributed by atoms with van der Waals surface area (Å²) in [5, 5.41) is 6.30. The number of terminal acetylenes is 1. The molecule has 1 heterocycles. The van der Waals surface area contributed by atoms with Crippen LogP contribution in [0.15, 0.2) is 41.3 Å². The van der Waals surface area contributed by atoms with E-state index in [1.807, 2.05) is 37.3 Å². The molecule has 30 heavy (non-hydrogen) atoms. The number of carbonyl (C=O) groups is 1. The summed E-state index contributed by atoms with van der Waals surface area (Å²) in [4.78, 5) is 13.1. The highest BCUT2D eigenvalue weighted by atomic mass is 127. The lowest BCUT2D eigenvalue weighted by atomic mass is 10.1. The number of amides is 1. The van der Waals surface area contributed by atoms with Crippen molar-refractivity contribution >= 4 is 52.0 Å². The zero-order chi connectivity index (χ0) is 21.5. The monoisotopic (exact) mass is 534 g/mol. The number of benzene rings is 2. The van der Waals surface area contributed by atoms with E-state index in [9.17, 15) is 4.79 Å². The molecule has 0 spiro atoms. The maximum Gasteiger partial charge on any atom is 0.260 e. The number of nitrogens with one attached hydrogen (secondary N) is 2. The Balaban J connectivity index is 1.77. The van der Waals surface area contributed by atoms with E-state index in [1.54, 1.807) is 0 Å². The number of carbonyl (C=O) groups excluding carboxylic acids is 1. The molecule has 1 amide bonds. The largest absolute Gasteiger partial charge is 0.490 e. The number of halogens is 1. The Morgan fingerprint density at radius 2 is 2.03 bits per heavy atom. The maximum atomic E-state index is 12.5. The standard InChI is InChI=1S/C23H23IN2O3S/c1-4-11-29-21-18(24)12-16(13-19(21)28-6-3)14-20-22(27)26-23(30-20)25-17-9-7-15(5-2)8-10-17/h1,7-10,12-14,23,25H,5-6,11H2,2-3H3,(H,26,27)/b20-14-/t23-/m0/s1. The molecular weight excluding hydrogens is 511 g/mol. The number of ether oxygens (including phenoxy) is 2. The van der Waals surface area contributed by atoms with Gasteiger partial charge in [0.05, 0.1) is 15.1 Å². The van der Waals surface area contributed by atoms with Crippen LogP contribution >= 0.6 is 34.4 Å². The topological polar surface area (TPSA) is 59.6 Å². The first-order valence-corrected chi connectivity index (χ1v) is 11.6. The van der Waals surface area contributed by atoms with Gasteiger partial charge >= 0.3 is 0 Å². The Morgan fingerprint density at radius 1 is 1.27 bits per heavy atom. The van der Waals surface area contributed by atoms with E-state index in [0.29, 0.717) is 23.0 Å². The Labute approximate surface area is 195 Å². The van der Waals surface area contributed by atoms with E-state index >= 15 is 0 Å². The van der Waals surface area contributed by atoms with Crippen LogP contribution < -0.4 is 20.1 Å². The predicted octanol–water partition coefficient (Wildman–Crippen LogP) is 4.86. The number of hydrogen-bond acceptors (Lipinski definition) is 5. The van der Waals surface area contributed by atoms with Gasteiger partial charge in [-0.1, -0.05) is 36.7 Å². The van der Waals surface area contributed by atoms with Gasteiger partial charge in [0.15, 0.2) is 17.0 Å². The van der Waals surface area contributed by atoms with Gasteiger partial charge < -0.3 is 20.1 Å². The van der Waals surface area contributed by atoms with Crippen molar-refractivity contribution in [2.45, 2.75) is 25.8 Å². The summed E-state index contributed by atoms with van der Waals surface area (Å²) in [7, 11) is 0. The van der Waals surface area contributed by atoms with Crippen molar-refractivity contribution in [3.8, 4) is 23.8 Å². The molecule has 0 radical (unpaired) electrons. The third-order valence-electron chi connectivity index (χ3n) is 4.32. The van der Waals surface area contributed by atoms with Gasteiger partial charge in [-0.05, 0) is 77.4 Å². The molecular formula is C23H23IN2O3S. The van der Waals surface area contributed by atoms with E-state index in [-0.39, 0.29) is 18.0 Å². The van der Waals surface area contributed by atoms with E-state index in [0.717, 1.165) is 21.2 Å². The lowest BCUT2D eigenvalue weighted by Crippen LogP contribution is -2.30. The second kappa shape index (κ2) is 10.6. The molecule has 3 rings (SSSR count). The van der Waals surface area contributed by atoms with Crippen molar-refractivity contribution in [3.05, 3.63) is 56.0 Å². The van der Waals surface area contributed by atoms with Crippen LogP contribution in [0.3, 0.4) is 0 Å². The van der Waals surface area contributed by atoms with Crippen LogP contribution in [0.25, 0.3) is 6.08 Å². The Morgan fingerprint density at radius 3 is 2.70 bits per heavy atom. The summed E-state index contributed by atoms with van der Waals surface area (Å²) >= 11 is 3.63. The van der Waals surface area contributed by atoms with Gasteiger partial charge in [-0.2, -0.15) is 0 Å². The average molecular weight is 534 g/mol. The molecule has 1 aliphatic heterocycles. The van der Waals surface area contributed by atoms with Crippen molar-refractivity contribution in [1.82, 2.24) is 5.32 Å². The van der Waals surface area contributed by atoms with E-state index in [1.165, 1.54) is 17.3 Å². The normalized spacial score (nSPS) is 16.8. The molecule has 0 unspecified atom stereocenters. The highest BCUT2D eigenvalue weighted by Crippen LogP contribution is 2.36. The second-order valence-corrected chi connectivity index (χ2v) is 8.74. The molecule has 0 saturated carbocycles. The Hall–Kier alpha value is -2.31. The fraction of sp³-hybridized carbons (Fsp3) is 0.261. The predicted molar refractivity (Wildman–Crippen MR) is 132 cm³/mol. The molecule has 1 saturated heterocycles. The second-order valence-electron chi connectivity index (χ2n) is 6.43. The zero-order valence-electron chi connectivity index (χ0n) is 16.8. The molecule has 7 heteroatoms. The first kappa shape index (κ1) is 22.4. The SMILES string of the molecule is C#CCOc1c(I)cc(/C=C2\S[C@@H](Nc3ccc(CC)cc3)NC2=O)cc1OCC. The van der Waals surface area contributed by atoms with Gasteiger partial charge in [0.1, 0.15) is 6.61 Å². The molecule has 0 aromatic heterocycles. The lowest BCUT2D eigenvalue weighted by molar-refractivity contribution is -0.116. The van der Waals surface area contributed by atoms with Gasteiger partial charge in [-0.15, -0.1) is 6.42 Å². The third-order valence-corrected chi connectivity index (χ3v) is 6.15. The summed E-state index contributed by atoms with van der Waals surface area (Å²) < 4.78 is 12.2. The van der Waals surface area contributed by atoms with Crippen molar-refractivity contribution in [1.29, 1.82) is 0 Å². The molecule has 1 fully saturated rings. The minimum absolute atomic E-state index is 0.108.